The Hall–Kier alpha value is -2.08. The molecule has 0 fully saturated rings. The molecule has 0 amide bonds. The monoisotopic (exact) mass is 268 g/mol. The summed E-state index contributed by atoms with van der Waals surface area (Å²) in [6, 6.07) is 2.57. The Morgan fingerprint density at radius 2 is 1.79 bits per heavy atom. The molecule has 0 saturated heterocycles. The smallest absolute Gasteiger partial charge is 0.161 e. The Labute approximate surface area is 107 Å². The Morgan fingerprint density at radius 1 is 1.16 bits per heavy atom. The molecule has 1 unspecified atom stereocenters. The third kappa shape index (κ3) is 2.39. The van der Waals surface area contributed by atoms with Crippen molar-refractivity contribution in [3.8, 4) is 0 Å². The van der Waals surface area contributed by atoms with Gasteiger partial charge in [-0.2, -0.15) is 0 Å². The molecule has 2 rings (SSSR count). The summed E-state index contributed by atoms with van der Waals surface area (Å²) < 4.78 is 39.6. The molecule has 3 nitrogen and oxygen atoms in total. The van der Waals surface area contributed by atoms with Gasteiger partial charge in [-0.15, -0.1) is 0 Å². The number of halogens is 3. The van der Waals surface area contributed by atoms with Crippen LogP contribution in [0.3, 0.4) is 0 Å². The Bertz CT molecular complexity index is 611. The molecule has 1 heterocycles. The molecule has 0 radical (unpaired) electrons. The Balaban J connectivity index is 2.56. The lowest BCUT2D eigenvalue weighted by molar-refractivity contribution is 0.213. The standard InChI is InChI=1S/C13H11F3N2O/c1-6-2-3-18-13(17)11(6)12(19)7-4-9(15)10(16)5-8(7)14/h2-5,12,19H,1H3,(H2,17,18). The van der Waals surface area contributed by atoms with Gasteiger partial charge in [0, 0.05) is 23.4 Å². The van der Waals surface area contributed by atoms with Crippen molar-refractivity contribution in [3.05, 3.63) is 58.5 Å². The van der Waals surface area contributed by atoms with E-state index in [0.717, 1.165) is 0 Å². The number of aromatic nitrogens is 1. The summed E-state index contributed by atoms with van der Waals surface area (Å²) in [6.45, 7) is 1.65. The zero-order valence-electron chi connectivity index (χ0n) is 9.99. The lowest BCUT2D eigenvalue weighted by atomic mass is 9.97. The van der Waals surface area contributed by atoms with Crippen molar-refractivity contribution in [2.45, 2.75) is 13.0 Å². The minimum absolute atomic E-state index is 0.0108. The first kappa shape index (κ1) is 13.4. The maximum absolute atomic E-state index is 13.6. The van der Waals surface area contributed by atoms with Crippen molar-refractivity contribution >= 4 is 5.82 Å². The summed E-state index contributed by atoms with van der Waals surface area (Å²) in [6.07, 6.45) is -0.0773. The van der Waals surface area contributed by atoms with Crippen molar-refractivity contribution in [3.63, 3.8) is 0 Å². The SMILES string of the molecule is Cc1ccnc(N)c1C(O)c1cc(F)c(F)cc1F. The van der Waals surface area contributed by atoms with Gasteiger partial charge >= 0.3 is 0 Å². The number of anilines is 1. The van der Waals surface area contributed by atoms with Crippen molar-refractivity contribution in [2.24, 2.45) is 0 Å². The third-order valence-corrected chi connectivity index (χ3v) is 2.85. The average molecular weight is 268 g/mol. The van der Waals surface area contributed by atoms with E-state index in [0.29, 0.717) is 17.7 Å². The van der Waals surface area contributed by atoms with Crippen LogP contribution in [0, 0.1) is 24.4 Å². The largest absolute Gasteiger partial charge is 0.383 e. The van der Waals surface area contributed by atoms with Gasteiger partial charge in [-0.1, -0.05) is 0 Å². The highest BCUT2D eigenvalue weighted by atomic mass is 19.2. The number of aliphatic hydroxyl groups excluding tert-OH is 1. The topological polar surface area (TPSA) is 59.1 Å². The first-order chi connectivity index (χ1) is 8.91. The number of hydrogen-bond acceptors (Lipinski definition) is 3. The normalized spacial score (nSPS) is 12.5. The fourth-order valence-electron chi connectivity index (χ4n) is 1.85. The molecule has 1 aromatic carbocycles. The van der Waals surface area contributed by atoms with Crippen molar-refractivity contribution in [2.75, 3.05) is 5.73 Å². The Kier molecular flexibility index (Phi) is 3.44. The lowest BCUT2D eigenvalue weighted by Crippen LogP contribution is -2.10. The van der Waals surface area contributed by atoms with Crippen LogP contribution in [0.4, 0.5) is 19.0 Å². The van der Waals surface area contributed by atoms with E-state index >= 15 is 0 Å². The summed E-state index contributed by atoms with van der Waals surface area (Å²) in [5.74, 6) is -3.59. The third-order valence-electron chi connectivity index (χ3n) is 2.85. The van der Waals surface area contributed by atoms with Gasteiger partial charge in [0.1, 0.15) is 17.7 Å². The number of aliphatic hydroxyl groups is 1. The van der Waals surface area contributed by atoms with Crippen molar-refractivity contribution in [1.82, 2.24) is 4.98 Å². The second-order valence-electron chi connectivity index (χ2n) is 4.12. The fourth-order valence-corrected chi connectivity index (χ4v) is 1.85. The molecule has 0 saturated carbocycles. The molecule has 6 heteroatoms. The number of nitrogens with two attached hydrogens (primary N) is 1. The van der Waals surface area contributed by atoms with E-state index in [9.17, 15) is 18.3 Å². The number of aryl methyl sites for hydroxylation is 1. The molecule has 2 aromatic rings. The molecule has 0 aliphatic heterocycles. The number of nitrogens with zero attached hydrogens (tertiary/aromatic N) is 1. The molecule has 3 N–H and O–H groups in total. The fraction of sp³-hybridized carbons (Fsp3) is 0.154. The number of pyridine rings is 1. The van der Waals surface area contributed by atoms with Gasteiger partial charge < -0.3 is 10.8 Å². The molecule has 0 bridgehead atoms. The van der Waals surface area contributed by atoms with Crippen LogP contribution >= 0.6 is 0 Å². The molecule has 19 heavy (non-hydrogen) atoms. The van der Waals surface area contributed by atoms with E-state index in [1.807, 2.05) is 0 Å². The van der Waals surface area contributed by atoms with E-state index in [4.69, 9.17) is 5.73 Å². The molecular weight excluding hydrogens is 257 g/mol. The molecule has 1 aromatic heterocycles. The second kappa shape index (κ2) is 4.89. The quantitative estimate of drug-likeness (QED) is 0.822. The summed E-state index contributed by atoms with van der Waals surface area (Å²) in [5, 5.41) is 10.1. The highest BCUT2D eigenvalue weighted by Crippen LogP contribution is 2.30. The first-order valence-corrected chi connectivity index (χ1v) is 5.45. The maximum Gasteiger partial charge on any atom is 0.161 e. The zero-order valence-corrected chi connectivity index (χ0v) is 9.99. The number of hydrogen-bond donors (Lipinski definition) is 2. The van der Waals surface area contributed by atoms with Gasteiger partial charge in [0.05, 0.1) is 0 Å². The molecule has 1 atom stereocenters. The molecular formula is C13H11F3N2O. The van der Waals surface area contributed by atoms with Crippen LogP contribution in [-0.4, -0.2) is 10.1 Å². The maximum atomic E-state index is 13.6. The summed E-state index contributed by atoms with van der Waals surface area (Å²) in [7, 11) is 0. The second-order valence-corrected chi connectivity index (χ2v) is 4.12. The van der Waals surface area contributed by atoms with E-state index in [1.165, 1.54) is 6.20 Å². The predicted molar refractivity (Wildman–Crippen MR) is 63.8 cm³/mol. The summed E-state index contributed by atoms with van der Waals surface area (Å²) in [4.78, 5) is 3.78. The minimum Gasteiger partial charge on any atom is -0.383 e. The van der Waals surface area contributed by atoms with E-state index in [2.05, 4.69) is 4.98 Å². The van der Waals surface area contributed by atoms with Crippen LogP contribution in [0.25, 0.3) is 0 Å². The van der Waals surface area contributed by atoms with Crippen LogP contribution < -0.4 is 5.73 Å². The van der Waals surface area contributed by atoms with Crippen LogP contribution in [0.2, 0.25) is 0 Å². The van der Waals surface area contributed by atoms with Crippen molar-refractivity contribution < 1.29 is 18.3 Å². The minimum atomic E-state index is -1.51. The van der Waals surface area contributed by atoms with Crippen LogP contribution in [0.1, 0.15) is 22.8 Å². The highest BCUT2D eigenvalue weighted by Gasteiger charge is 2.22. The van der Waals surface area contributed by atoms with Gasteiger partial charge in [-0.25, -0.2) is 18.2 Å². The average Bonchev–Trinajstić information content (AvgIpc) is 2.33. The highest BCUT2D eigenvalue weighted by molar-refractivity contribution is 5.49. The van der Waals surface area contributed by atoms with E-state index < -0.39 is 23.6 Å². The van der Waals surface area contributed by atoms with Crippen LogP contribution in [0.5, 0.6) is 0 Å². The molecule has 0 aliphatic carbocycles. The van der Waals surface area contributed by atoms with Crippen molar-refractivity contribution in [1.29, 1.82) is 0 Å². The zero-order chi connectivity index (χ0) is 14.2. The molecule has 100 valence electrons. The number of rotatable bonds is 2. The summed E-state index contributed by atoms with van der Waals surface area (Å²) >= 11 is 0. The molecule has 0 aliphatic rings. The van der Waals surface area contributed by atoms with Crippen LogP contribution in [-0.2, 0) is 0 Å². The van der Waals surface area contributed by atoms with Gasteiger partial charge in [0.25, 0.3) is 0 Å². The number of benzene rings is 1. The van der Waals surface area contributed by atoms with Gasteiger partial charge in [-0.05, 0) is 24.6 Å². The molecule has 0 spiro atoms. The van der Waals surface area contributed by atoms with Gasteiger partial charge in [0.2, 0.25) is 0 Å². The lowest BCUT2D eigenvalue weighted by Gasteiger charge is -2.16. The van der Waals surface area contributed by atoms with E-state index in [-0.39, 0.29) is 16.9 Å². The van der Waals surface area contributed by atoms with E-state index in [1.54, 1.807) is 13.0 Å². The van der Waals surface area contributed by atoms with Gasteiger partial charge in [0.15, 0.2) is 11.6 Å². The Morgan fingerprint density at radius 3 is 2.42 bits per heavy atom. The first-order valence-electron chi connectivity index (χ1n) is 5.45. The van der Waals surface area contributed by atoms with Gasteiger partial charge in [-0.3, -0.25) is 0 Å². The predicted octanol–water partition coefficient (Wildman–Crippen LogP) is 2.47. The number of nitrogen functional groups attached to an aromatic ring is 1. The summed E-state index contributed by atoms with van der Waals surface area (Å²) in [5.41, 5.74) is 5.98. The van der Waals surface area contributed by atoms with Crippen LogP contribution in [0.15, 0.2) is 24.4 Å².